The molecule has 0 aromatic carbocycles. The van der Waals surface area contributed by atoms with Crippen molar-refractivity contribution in [1.82, 2.24) is 10.2 Å². The van der Waals surface area contributed by atoms with E-state index in [1.165, 1.54) is 39.1 Å². The average Bonchev–Trinajstić information content (AvgIpc) is 2.16. The minimum absolute atomic E-state index is 0.491. The summed E-state index contributed by atoms with van der Waals surface area (Å²) in [5, 5.41) is 3.39. The van der Waals surface area contributed by atoms with Gasteiger partial charge in [0.2, 0.25) is 0 Å². The highest BCUT2D eigenvalue weighted by atomic mass is 15.2. The van der Waals surface area contributed by atoms with Crippen LogP contribution in [0, 0.1) is 11.3 Å². The Morgan fingerprint density at radius 2 is 1.79 bits per heavy atom. The van der Waals surface area contributed by atoms with E-state index in [0.29, 0.717) is 5.41 Å². The van der Waals surface area contributed by atoms with Crippen molar-refractivity contribution in [1.29, 1.82) is 0 Å². The van der Waals surface area contributed by atoms with Crippen LogP contribution in [0.5, 0.6) is 0 Å². The minimum Gasteiger partial charge on any atom is -0.314 e. The summed E-state index contributed by atoms with van der Waals surface area (Å²) >= 11 is 0. The molecule has 1 aliphatic rings. The van der Waals surface area contributed by atoms with E-state index in [1.54, 1.807) is 0 Å². The zero-order valence-electron chi connectivity index (χ0n) is 10.3. The summed E-state index contributed by atoms with van der Waals surface area (Å²) in [5.41, 5.74) is 0.491. The molecule has 14 heavy (non-hydrogen) atoms. The van der Waals surface area contributed by atoms with Gasteiger partial charge in [-0.3, -0.25) is 0 Å². The maximum Gasteiger partial charge on any atom is 0.0107 e. The van der Waals surface area contributed by atoms with Crippen LogP contribution in [0.4, 0.5) is 0 Å². The standard InChI is InChI=1S/C12H26N2/c1-11(2)12(3,4)5-8-14-9-6-13-7-10-14/h11,13H,5-10H2,1-4H3. The van der Waals surface area contributed by atoms with Gasteiger partial charge in [-0.2, -0.15) is 0 Å². The van der Waals surface area contributed by atoms with Gasteiger partial charge in [0.15, 0.2) is 0 Å². The SMILES string of the molecule is CC(C)C(C)(C)CCN1CCNCC1. The monoisotopic (exact) mass is 198 g/mol. The molecule has 0 unspecified atom stereocenters. The van der Waals surface area contributed by atoms with Crippen LogP contribution < -0.4 is 5.32 Å². The summed E-state index contributed by atoms with van der Waals surface area (Å²) in [7, 11) is 0. The van der Waals surface area contributed by atoms with Crippen LogP contribution in [-0.4, -0.2) is 37.6 Å². The maximum absolute atomic E-state index is 3.39. The fraction of sp³-hybridized carbons (Fsp3) is 1.00. The van der Waals surface area contributed by atoms with Gasteiger partial charge in [0.05, 0.1) is 0 Å². The van der Waals surface area contributed by atoms with Crippen LogP contribution in [0.2, 0.25) is 0 Å². The first kappa shape index (κ1) is 12.0. The Bertz CT molecular complexity index is 158. The minimum atomic E-state index is 0.491. The van der Waals surface area contributed by atoms with Crippen molar-refractivity contribution in [3.8, 4) is 0 Å². The zero-order valence-corrected chi connectivity index (χ0v) is 10.3. The first-order valence-corrected chi connectivity index (χ1v) is 5.95. The summed E-state index contributed by atoms with van der Waals surface area (Å²) in [4.78, 5) is 2.58. The lowest BCUT2D eigenvalue weighted by Gasteiger charge is -2.34. The molecule has 0 amide bonds. The molecule has 1 fully saturated rings. The lowest BCUT2D eigenvalue weighted by atomic mass is 9.78. The molecule has 0 spiro atoms. The van der Waals surface area contributed by atoms with Gasteiger partial charge >= 0.3 is 0 Å². The van der Waals surface area contributed by atoms with Crippen molar-refractivity contribution in [2.75, 3.05) is 32.7 Å². The van der Waals surface area contributed by atoms with E-state index in [1.807, 2.05) is 0 Å². The smallest absolute Gasteiger partial charge is 0.0107 e. The van der Waals surface area contributed by atoms with Crippen molar-refractivity contribution in [3.63, 3.8) is 0 Å². The highest BCUT2D eigenvalue weighted by Crippen LogP contribution is 2.30. The van der Waals surface area contributed by atoms with E-state index in [4.69, 9.17) is 0 Å². The number of rotatable bonds is 4. The Balaban J connectivity index is 2.24. The fourth-order valence-electron chi connectivity index (χ4n) is 1.67. The van der Waals surface area contributed by atoms with E-state index in [0.717, 1.165) is 5.92 Å². The molecular formula is C12H26N2. The number of nitrogens with one attached hydrogen (secondary N) is 1. The molecule has 1 saturated heterocycles. The van der Waals surface area contributed by atoms with Gasteiger partial charge in [-0.15, -0.1) is 0 Å². The van der Waals surface area contributed by atoms with Crippen molar-refractivity contribution in [2.24, 2.45) is 11.3 Å². The molecule has 0 bridgehead atoms. The highest BCUT2D eigenvalue weighted by molar-refractivity contribution is 4.76. The van der Waals surface area contributed by atoms with Gasteiger partial charge < -0.3 is 10.2 Å². The zero-order chi connectivity index (χ0) is 10.6. The molecule has 0 radical (unpaired) electrons. The summed E-state index contributed by atoms with van der Waals surface area (Å²) in [6.07, 6.45) is 1.32. The van der Waals surface area contributed by atoms with Gasteiger partial charge in [0.25, 0.3) is 0 Å². The molecule has 0 saturated carbocycles. The van der Waals surface area contributed by atoms with Crippen LogP contribution in [0.1, 0.15) is 34.1 Å². The van der Waals surface area contributed by atoms with Crippen molar-refractivity contribution in [2.45, 2.75) is 34.1 Å². The first-order valence-electron chi connectivity index (χ1n) is 5.95. The quantitative estimate of drug-likeness (QED) is 0.743. The molecule has 1 N–H and O–H groups in total. The third-order valence-corrected chi connectivity index (χ3v) is 3.84. The van der Waals surface area contributed by atoms with E-state index < -0.39 is 0 Å². The molecular weight excluding hydrogens is 172 g/mol. The second-order valence-corrected chi connectivity index (χ2v) is 5.48. The van der Waals surface area contributed by atoms with Gasteiger partial charge in [-0.25, -0.2) is 0 Å². The number of piperazine rings is 1. The van der Waals surface area contributed by atoms with Crippen molar-refractivity contribution < 1.29 is 0 Å². The van der Waals surface area contributed by atoms with E-state index in [2.05, 4.69) is 37.9 Å². The predicted octanol–water partition coefficient (Wildman–Crippen LogP) is 1.96. The second-order valence-electron chi connectivity index (χ2n) is 5.48. The predicted molar refractivity (Wildman–Crippen MR) is 62.5 cm³/mol. The summed E-state index contributed by atoms with van der Waals surface area (Å²) in [6.45, 7) is 15.5. The Hall–Kier alpha value is -0.0800. The Kier molecular flexibility index (Phi) is 4.39. The third kappa shape index (κ3) is 3.58. The van der Waals surface area contributed by atoms with Crippen molar-refractivity contribution >= 4 is 0 Å². The molecule has 84 valence electrons. The largest absolute Gasteiger partial charge is 0.314 e. The average molecular weight is 198 g/mol. The van der Waals surface area contributed by atoms with Gasteiger partial charge in [-0.05, 0) is 24.3 Å². The van der Waals surface area contributed by atoms with Crippen LogP contribution >= 0.6 is 0 Å². The lowest BCUT2D eigenvalue weighted by Crippen LogP contribution is -2.44. The lowest BCUT2D eigenvalue weighted by molar-refractivity contribution is 0.164. The molecule has 2 heteroatoms. The van der Waals surface area contributed by atoms with Crippen LogP contribution in [0.25, 0.3) is 0 Å². The van der Waals surface area contributed by atoms with E-state index in [-0.39, 0.29) is 0 Å². The van der Waals surface area contributed by atoms with Crippen molar-refractivity contribution in [3.05, 3.63) is 0 Å². The van der Waals surface area contributed by atoms with Gasteiger partial charge in [0.1, 0.15) is 0 Å². The van der Waals surface area contributed by atoms with Gasteiger partial charge in [-0.1, -0.05) is 27.7 Å². The molecule has 1 heterocycles. The second kappa shape index (κ2) is 5.13. The first-order chi connectivity index (χ1) is 6.52. The number of nitrogens with zero attached hydrogens (tertiary/aromatic N) is 1. The maximum atomic E-state index is 3.39. The molecule has 0 aromatic rings. The fourth-order valence-corrected chi connectivity index (χ4v) is 1.67. The van der Waals surface area contributed by atoms with Crippen LogP contribution in [0.15, 0.2) is 0 Å². The van der Waals surface area contributed by atoms with E-state index >= 15 is 0 Å². The third-order valence-electron chi connectivity index (χ3n) is 3.84. The Labute approximate surface area is 89.1 Å². The van der Waals surface area contributed by atoms with Crippen LogP contribution in [-0.2, 0) is 0 Å². The van der Waals surface area contributed by atoms with E-state index in [9.17, 15) is 0 Å². The van der Waals surface area contributed by atoms with Gasteiger partial charge in [0, 0.05) is 26.2 Å². The Morgan fingerprint density at radius 3 is 2.29 bits per heavy atom. The summed E-state index contributed by atoms with van der Waals surface area (Å²) < 4.78 is 0. The molecule has 1 aliphatic heterocycles. The normalized spacial score (nSPS) is 20.4. The molecule has 2 nitrogen and oxygen atoms in total. The highest BCUT2D eigenvalue weighted by Gasteiger charge is 2.23. The van der Waals surface area contributed by atoms with Crippen LogP contribution in [0.3, 0.4) is 0 Å². The Morgan fingerprint density at radius 1 is 1.21 bits per heavy atom. The number of hydrogen-bond donors (Lipinski definition) is 1. The summed E-state index contributed by atoms with van der Waals surface area (Å²) in [5.74, 6) is 0.783. The summed E-state index contributed by atoms with van der Waals surface area (Å²) in [6, 6.07) is 0. The molecule has 0 aromatic heterocycles. The molecule has 1 rings (SSSR count). The topological polar surface area (TPSA) is 15.3 Å². The molecule has 0 atom stereocenters. The molecule has 0 aliphatic carbocycles. The number of hydrogen-bond acceptors (Lipinski definition) is 2.